The Labute approximate surface area is 257 Å². The highest BCUT2D eigenvalue weighted by atomic mass is 19.1. The van der Waals surface area contributed by atoms with Gasteiger partial charge in [-0.1, -0.05) is 19.9 Å². The Morgan fingerprint density at radius 1 is 1.11 bits per heavy atom. The minimum Gasteiger partial charge on any atom is -0.444 e. The summed E-state index contributed by atoms with van der Waals surface area (Å²) in [5.74, 6) is -1.38. The Balaban J connectivity index is 1.37. The summed E-state index contributed by atoms with van der Waals surface area (Å²) in [4.78, 5) is 46.9. The molecule has 0 bridgehead atoms. The van der Waals surface area contributed by atoms with Crippen molar-refractivity contribution in [2.24, 2.45) is 0 Å². The summed E-state index contributed by atoms with van der Waals surface area (Å²) < 4.78 is 33.5. The van der Waals surface area contributed by atoms with E-state index in [0.717, 1.165) is 12.5 Å². The Bertz CT molecular complexity index is 1440. The van der Waals surface area contributed by atoms with Crippen molar-refractivity contribution in [3.8, 4) is 0 Å². The first-order valence-electron chi connectivity index (χ1n) is 15.2. The number of hydrogen-bond donors (Lipinski definition) is 0. The molecule has 4 heterocycles. The molecule has 12 heteroatoms. The van der Waals surface area contributed by atoms with Gasteiger partial charge in [-0.15, -0.1) is 0 Å². The maximum Gasteiger partial charge on any atom is 0.410 e. The molecule has 3 aliphatic heterocycles. The lowest BCUT2D eigenvalue weighted by Gasteiger charge is -2.46. The number of benzene rings is 1. The molecule has 0 radical (unpaired) electrons. The molecule has 1 aromatic heterocycles. The summed E-state index contributed by atoms with van der Waals surface area (Å²) in [5.41, 5.74) is 0.948. The van der Waals surface area contributed by atoms with Crippen molar-refractivity contribution < 1.29 is 27.9 Å². The zero-order chi connectivity index (χ0) is 32.0. The lowest BCUT2D eigenvalue weighted by Crippen LogP contribution is -2.63. The van der Waals surface area contributed by atoms with Gasteiger partial charge in [-0.3, -0.25) is 14.5 Å². The standard InChI is InChI=1S/C32H42F2N6O4/c1-20-15-38(24(16-37-11-7-8-27(37)41)17-39(20)30(43)44-31(2,3)4)18-28(42)40-19-32(5,6)29-26(40)14-23(35-36-29)12-21-9-10-22(33)13-25(21)34/h9-10,13-14,20,24H,7-8,11-12,15-19H2,1-6H3/t20-,24+/m1/s1. The second-order valence-electron chi connectivity index (χ2n) is 13.9. The maximum absolute atomic E-state index is 14.4. The van der Waals surface area contributed by atoms with E-state index < -0.39 is 28.7 Å². The van der Waals surface area contributed by atoms with Crippen LogP contribution in [0.1, 0.15) is 71.3 Å². The van der Waals surface area contributed by atoms with Crippen molar-refractivity contribution in [3.63, 3.8) is 0 Å². The van der Waals surface area contributed by atoms with Gasteiger partial charge in [-0.25, -0.2) is 13.6 Å². The first-order chi connectivity index (χ1) is 20.6. The number of aromatic nitrogens is 2. The molecule has 2 fully saturated rings. The number of nitrogens with zero attached hydrogens (tertiary/aromatic N) is 6. The van der Waals surface area contributed by atoms with E-state index in [1.54, 1.807) is 15.9 Å². The SMILES string of the molecule is C[C@@H]1CN(CC(=O)N2CC(C)(C)c3nnc(Cc4ccc(F)cc4F)cc32)[C@@H](CN2CCCC2=O)CN1C(=O)OC(C)(C)C. The Kier molecular flexibility index (Phi) is 8.67. The van der Waals surface area contributed by atoms with Gasteiger partial charge in [0.1, 0.15) is 17.2 Å². The van der Waals surface area contributed by atoms with Crippen molar-refractivity contribution in [1.29, 1.82) is 0 Å². The van der Waals surface area contributed by atoms with Gasteiger partial charge in [0, 0.05) is 69.1 Å². The molecule has 0 N–H and O–H groups in total. The van der Waals surface area contributed by atoms with Crippen LogP contribution >= 0.6 is 0 Å². The van der Waals surface area contributed by atoms with Gasteiger partial charge < -0.3 is 19.4 Å². The first-order valence-corrected chi connectivity index (χ1v) is 15.2. The van der Waals surface area contributed by atoms with E-state index in [4.69, 9.17) is 4.74 Å². The van der Waals surface area contributed by atoms with E-state index in [1.807, 2.05) is 46.4 Å². The third-order valence-corrected chi connectivity index (χ3v) is 8.52. The van der Waals surface area contributed by atoms with Gasteiger partial charge in [0.05, 0.1) is 23.6 Å². The molecule has 2 atom stereocenters. The molecule has 0 spiro atoms. The highest BCUT2D eigenvalue weighted by molar-refractivity contribution is 5.97. The van der Waals surface area contributed by atoms with E-state index in [2.05, 4.69) is 15.1 Å². The highest BCUT2D eigenvalue weighted by Crippen LogP contribution is 2.39. The number of rotatable bonds is 6. The zero-order valence-corrected chi connectivity index (χ0v) is 26.4. The van der Waals surface area contributed by atoms with Crippen LogP contribution in [0.4, 0.5) is 19.3 Å². The third-order valence-electron chi connectivity index (χ3n) is 8.52. The summed E-state index contributed by atoms with van der Waals surface area (Å²) in [6.45, 7) is 13.7. The number of ether oxygens (including phenoxy) is 1. The molecule has 3 amide bonds. The van der Waals surface area contributed by atoms with Crippen molar-refractivity contribution in [2.45, 2.75) is 83.9 Å². The summed E-state index contributed by atoms with van der Waals surface area (Å²) in [6, 6.07) is 4.72. The van der Waals surface area contributed by atoms with Crippen molar-refractivity contribution >= 4 is 23.6 Å². The second kappa shape index (κ2) is 12.0. The fourth-order valence-corrected chi connectivity index (χ4v) is 6.29. The fraction of sp³-hybridized carbons (Fsp3) is 0.594. The topological polar surface area (TPSA) is 99.2 Å². The van der Waals surface area contributed by atoms with Crippen LogP contribution in [-0.4, -0.2) is 99.8 Å². The Morgan fingerprint density at radius 2 is 1.86 bits per heavy atom. The lowest BCUT2D eigenvalue weighted by atomic mass is 9.91. The fourth-order valence-electron chi connectivity index (χ4n) is 6.29. The van der Waals surface area contributed by atoms with Crippen molar-refractivity contribution in [2.75, 3.05) is 44.2 Å². The molecule has 0 unspecified atom stereocenters. The Hall–Kier alpha value is -3.67. The van der Waals surface area contributed by atoms with Crippen molar-refractivity contribution in [1.82, 2.24) is 24.9 Å². The number of anilines is 1. The number of hydrogen-bond acceptors (Lipinski definition) is 7. The zero-order valence-electron chi connectivity index (χ0n) is 26.4. The van der Waals surface area contributed by atoms with E-state index in [1.165, 1.54) is 12.1 Å². The predicted octanol–water partition coefficient (Wildman–Crippen LogP) is 3.90. The molecule has 1 aromatic carbocycles. The molecule has 0 aliphatic carbocycles. The largest absolute Gasteiger partial charge is 0.444 e. The van der Waals surface area contributed by atoms with Gasteiger partial charge in [0.15, 0.2) is 0 Å². The number of fused-ring (bicyclic) bond motifs is 1. The van der Waals surface area contributed by atoms with Gasteiger partial charge in [0.25, 0.3) is 0 Å². The number of carbonyl (C=O) groups is 3. The molecule has 10 nitrogen and oxygen atoms in total. The Morgan fingerprint density at radius 3 is 2.52 bits per heavy atom. The van der Waals surface area contributed by atoms with Gasteiger partial charge >= 0.3 is 6.09 Å². The van der Waals surface area contributed by atoms with E-state index in [9.17, 15) is 23.2 Å². The van der Waals surface area contributed by atoms with E-state index in [-0.39, 0.29) is 42.4 Å². The third kappa shape index (κ3) is 6.85. The predicted molar refractivity (Wildman–Crippen MR) is 160 cm³/mol. The van der Waals surface area contributed by atoms with Crippen LogP contribution in [0, 0.1) is 11.6 Å². The van der Waals surface area contributed by atoms with Crippen LogP contribution < -0.4 is 4.90 Å². The molecular formula is C32H42F2N6O4. The minimum atomic E-state index is -0.664. The smallest absolute Gasteiger partial charge is 0.410 e. The minimum absolute atomic E-state index is 0.0811. The van der Waals surface area contributed by atoms with E-state index in [0.29, 0.717) is 56.2 Å². The normalized spacial score (nSPS) is 22.0. The monoisotopic (exact) mass is 612 g/mol. The molecule has 238 valence electrons. The summed E-state index contributed by atoms with van der Waals surface area (Å²) in [7, 11) is 0. The van der Waals surface area contributed by atoms with Crippen LogP contribution in [-0.2, 0) is 26.2 Å². The molecule has 2 aromatic rings. The molecule has 2 saturated heterocycles. The molecule has 0 saturated carbocycles. The number of halogens is 2. The molecule has 5 rings (SSSR count). The lowest BCUT2D eigenvalue weighted by molar-refractivity contribution is -0.129. The summed E-state index contributed by atoms with van der Waals surface area (Å²) >= 11 is 0. The van der Waals surface area contributed by atoms with Gasteiger partial charge in [-0.2, -0.15) is 10.2 Å². The molecular weight excluding hydrogens is 570 g/mol. The molecule has 44 heavy (non-hydrogen) atoms. The quantitative estimate of drug-likeness (QED) is 0.488. The molecule has 3 aliphatic rings. The van der Waals surface area contributed by atoms with Crippen LogP contribution in [0.5, 0.6) is 0 Å². The first kappa shape index (κ1) is 31.7. The number of amides is 3. The van der Waals surface area contributed by atoms with Crippen LogP contribution in [0.2, 0.25) is 0 Å². The average Bonchev–Trinajstić information content (AvgIpc) is 3.44. The van der Waals surface area contributed by atoms with E-state index >= 15 is 0 Å². The van der Waals surface area contributed by atoms with Gasteiger partial charge in [-0.05, 0) is 51.8 Å². The number of likely N-dealkylation sites (tertiary alicyclic amines) is 1. The average molecular weight is 613 g/mol. The highest BCUT2D eigenvalue weighted by Gasteiger charge is 2.43. The summed E-state index contributed by atoms with van der Waals surface area (Å²) in [6.07, 6.45) is 0.988. The van der Waals surface area contributed by atoms with Gasteiger partial charge in [0.2, 0.25) is 11.8 Å². The summed E-state index contributed by atoms with van der Waals surface area (Å²) in [5, 5.41) is 8.75. The van der Waals surface area contributed by atoms with Crippen molar-refractivity contribution in [3.05, 3.63) is 52.9 Å². The van der Waals surface area contributed by atoms with Crippen LogP contribution in [0.15, 0.2) is 24.3 Å². The maximum atomic E-state index is 14.4. The number of carbonyl (C=O) groups excluding carboxylic acids is 3. The second-order valence-corrected chi connectivity index (χ2v) is 13.9. The van der Waals surface area contributed by atoms with Crippen LogP contribution in [0.3, 0.4) is 0 Å². The number of piperazine rings is 1. The van der Waals surface area contributed by atoms with Crippen LogP contribution in [0.25, 0.3) is 0 Å².